The van der Waals surface area contributed by atoms with Crippen molar-refractivity contribution in [3.8, 4) is 0 Å². The number of aromatic nitrogens is 2. The Morgan fingerprint density at radius 3 is 2.68 bits per heavy atom. The quantitative estimate of drug-likeness (QED) is 0.824. The van der Waals surface area contributed by atoms with Gasteiger partial charge in [0.15, 0.2) is 0 Å². The third kappa shape index (κ3) is 2.88. The fourth-order valence-electron chi connectivity index (χ4n) is 2.55. The smallest absolute Gasteiger partial charge is 0.223 e. The normalized spacial score (nSPS) is 14.9. The van der Waals surface area contributed by atoms with Gasteiger partial charge in [-0.3, -0.25) is 9.89 Å². The highest BCUT2D eigenvalue weighted by Crippen LogP contribution is 2.27. The first-order chi connectivity index (χ1) is 10.5. The Bertz CT molecular complexity index is 799. The van der Waals surface area contributed by atoms with Crippen molar-refractivity contribution < 1.29 is 13.2 Å². The summed E-state index contributed by atoms with van der Waals surface area (Å²) in [4.78, 5) is 11.0. The number of nitrogens with one attached hydrogen (secondary N) is 1. The zero-order valence-corrected chi connectivity index (χ0v) is 12.6. The number of amides is 1. The first-order valence-corrected chi connectivity index (χ1v) is 8.41. The van der Waals surface area contributed by atoms with E-state index in [1.165, 1.54) is 4.31 Å². The molecule has 1 aromatic heterocycles. The molecule has 1 aromatic carbocycles. The van der Waals surface area contributed by atoms with Gasteiger partial charge in [0.2, 0.25) is 15.9 Å². The predicted octanol–water partition coefficient (Wildman–Crippen LogP) is 0.283. The van der Waals surface area contributed by atoms with E-state index in [4.69, 9.17) is 5.73 Å². The second-order valence-electron chi connectivity index (χ2n) is 5.28. The summed E-state index contributed by atoms with van der Waals surface area (Å²) in [5, 5.41) is 6.82. The molecule has 2 aromatic rings. The number of rotatable bonds is 5. The van der Waals surface area contributed by atoms with Crippen LogP contribution in [0.15, 0.2) is 30.3 Å². The van der Waals surface area contributed by atoms with Gasteiger partial charge >= 0.3 is 0 Å². The van der Waals surface area contributed by atoms with Crippen LogP contribution in [-0.2, 0) is 40.1 Å². The Labute approximate surface area is 128 Å². The number of nitrogens with two attached hydrogens (primary N) is 1. The van der Waals surface area contributed by atoms with Crippen LogP contribution in [0.5, 0.6) is 0 Å². The summed E-state index contributed by atoms with van der Waals surface area (Å²) in [5.41, 5.74) is 7.94. The van der Waals surface area contributed by atoms with Crippen LogP contribution in [0.4, 0.5) is 0 Å². The van der Waals surface area contributed by atoms with Gasteiger partial charge in [0.1, 0.15) is 0 Å². The molecule has 1 aliphatic rings. The highest BCUT2D eigenvalue weighted by molar-refractivity contribution is 7.88. The zero-order valence-electron chi connectivity index (χ0n) is 11.8. The number of aromatic amines is 1. The number of primary amides is 1. The van der Waals surface area contributed by atoms with E-state index in [-0.39, 0.29) is 25.3 Å². The maximum absolute atomic E-state index is 12.5. The van der Waals surface area contributed by atoms with Crippen molar-refractivity contribution in [1.82, 2.24) is 14.5 Å². The van der Waals surface area contributed by atoms with Crippen molar-refractivity contribution in [3.05, 3.63) is 52.8 Å². The van der Waals surface area contributed by atoms with Crippen LogP contribution in [-0.4, -0.2) is 28.8 Å². The van der Waals surface area contributed by atoms with E-state index in [2.05, 4.69) is 10.2 Å². The molecule has 0 fully saturated rings. The Morgan fingerprint density at radius 1 is 1.27 bits per heavy atom. The molecule has 0 saturated carbocycles. The van der Waals surface area contributed by atoms with Crippen molar-refractivity contribution in [1.29, 1.82) is 0 Å². The number of hydrogen-bond acceptors (Lipinski definition) is 4. The molecular formula is C14H16N4O3S. The minimum absolute atomic E-state index is 0.0123. The Hall–Kier alpha value is -2.19. The lowest BCUT2D eigenvalue weighted by atomic mass is 10.1. The van der Waals surface area contributed by atoms with Gasteiger partial charge in [-0.25, -0.2) is 8.42 Å². The van der Waals surface area contributed by atoms with Crippen LogP contribution in [0.2, 0.25) is 0 Å². The lowest BCUT2D eigenvalue weighted by Crippen LogP contribution is -2.27. The van der Waals surface area contributed by atoms with Gasteiger partial charge in [0.05, 0.1) is 30.1 Å². The fraction of sp³-hybridized carbons (Fsp3) is 0.286. The van der Waals surface area contributed by atoms with Crippen molar-refractivity contribution in [2.45, 2.75) is 25.3 Å². The maximum atomic E-state index is 12.5. The standard InChI is InChI=1S/C14H16N4O3S/c15-14(19)6-12-11-7-18(8-13(11)17-16-12)22(20,21)9-10-4-2-1-3-5-10/h1-5H,6-9H2,(H2,15,19)(H,16,17). The predicted molar refractivity (Wildman–Crippen MR) is 79.8 cm³/mol. The molecule has 0 bridgehead atoms. The molecule has 0 radical (unpaired) electrons. The number of benzene rings is 1. The van der Waals surface area contributed by atoms with E-state index in [1.54, 1.807) is 12.1 Å². The first kappa shape index (κ1) is 14.7. The largest absolute Gasteiger partial charge is 0.369 e. The number of nitrogens with zero attached hydrogens (tertiary/aromatic N) is 2. The van der Waals surface area contributed by atoms with E-state index >= 15 is 0 Å². The Balaban J connectivity index is 1.77. The number of carbonyl (C=O) groups is 1. The summed E-state index contributed by atoms with van der Waals surface area (Å²) in [6.45, 7) is 0.472. The summed E-state index contributed by atoms with van der Waals surface area (Å²) < 4.78 is 26.4. The maximum Gasteiger partial charge on any atom is 0.223 e. The summed E-state index contributed by atoms with van der Waals surface area (Å²) in [6, 6.07) is 9.04. The molecule has 1 amide bonds. The fourth-order valence-corrected chi connectivity index (χ4v) is 4.00. The summed E-state index contributed by atoms with van der Waals surface area (Å²) in [6.07, 6.45) is 0.0123. The molecule has 0 saturated heterocycles. The molecule has 3 rings (SSSR count). The van der Waals surface area contributed by atoms with Crippen LogP contribution in [0.1, 0.15) is 22.5 Å². The highest BCUT2D eigenvalue weighted by atomic mass is 32.2. The minimum atomic E-state index is -3.43. The van der Waals surface area contributed by atoms with Gasteiger partial charge in [-0.15, -0.1) is 0 Å². The van der Waals surface area contributed by atoms with Crippen LogP contribution >= 0.6 is 0 Å². The third-order valence-electron chi connectivity index (χ3n) is 3.63. The van der Waals surface area contributed by atoms with Crippen LogP contribution in [0, 0.1) is 0 Å². The van der Waals surface area contributed by atoms with Gasteiger partial charge in [-0.1, -0.05) is 30.3 Å². The molecule has 3 N–H and O–H groups in total. The first-order valence-electron chi connectivity index (χ1n) is 6.81. The molecule has 116 valence electrons. The Morgan fingerprint density at radius 2 is 2.00 bits per heavy atom. The van der Waals surface area contributed by atoms with E-state index in [0.29, 0.717) is 5.69 Å². The van der Waals surface area contributed by atoms with Gasteiger partial charge in [0.25, 0.3) is 0 Å². The summed E-state index contributed by atoms with van der Waals surface area (Å²) in [5.74, 6) is -0.531. The third-order valence-corrected chi connectivity index (χ3v) is 5.38. The van der Waals surface area contributed by atoms with Crippen molar-refractivity contribution in [2.75, 3.05) is 0 Å². The van der Waals surface area contributed by atoms with Crippen LogP contribution < -0.4 is 5.73 Å². The molecule has 8 heteroatoms. The molecule has 1 aliphatic heterocycles. The highest BCUT2D eigenvalue weighted by Gasteiger charge is 2.32. The van der Waals surface area contributed by atoms with E-state index in [0.717, 1.165) is 16.8 Å². The summed E-state index contributed by atoms with van der Waals surface area (Å²) in [7, 11) is -3.43. The molecule has 2 heterocycles. The number of hydrogen-bond donors (Lipinski definition) is 2. The second-order valence-corrected chi connectivity index (χ2v) is 7.25. The lowest BCUT2D eigenvalue weighted by molar-refractivity contribution is -0.117. The number of sulfonamides is 1. The lowest BCUT2D eigenvalue weighted by Gasteiger charge is -2.15. The number of H-pyrrole nitrogens is 1. The molecule has 22 heavy (non-hydrogen) atoms. The molecule has 7 nitrogen and oxygen atoms in total. The van der Waals surface area contributed by atoms with Crippen molar-refractivity contribution >= 4 is 15.9 Å². The van der Waals surface area contributed by atoms with Gasteiger partial charge in [-0.2, -0.15) is 9.40 Å². The summed E-state index contributed by atoms with van der Waals surface area (Å²) >= 11 is 0. The SMILES string of the molecule is NC(=O)Cc1n[nH]c2c1CN(S(=O)(=O)Cc1ccccc1)C2. The van der Waals surface area contributed by atoms with E-state index in [1.807, 2.05) is 18.2 Å². The average molecular weight is 320 g/mol. The molecular weight excluding hydrogens is 304 g/mol. The van der Waals surface area contributed by atoms with Crippen LogP contribution in [0.3, 0.4) is 0 Å². The van der Waals surface area contributed by atoms with Crippen LogP contribution in [0.25, 0.3) is 0 Å². The average Bonchev–Trinajstić information content (AvgIpc) is 3.02. The van der Waals surface area contributed by atoms with Gasteiger partial charge in [0, 0.05) is 12.1 Å². The molecule has 0 spiro atoms. The van der Waals surface area contributed by atoms with E-state index in [9.17, 15) is 13.2 Å². The number of fused-ring (bicyclic) bond motifs is 1. The molecule has 0 atom stereocenters. The Kier molecular flexibility index (Phi) is 3.71. The monoisotopic (exact) mass is 320 g/mol. The van der Waals surface area contributed by atoms with E-state index < -0.39 is 15.9 Å². The minimum Gasteiger partial charge on any atom is -0.369 e. The topological polar surface area (TPSA) is 109 Å². The molecule has 0 aliphatic carbocycles. The van der Waals surface area contributed by atoms with Crippen molar-refractivity contribution in [2.24, 2.45) is 5.73 Å². The van der Waals surface area contributed by atoms with Crippen molar-refractivity contribution in [3.63, 3.8) is 0 Å². The second kappa shape index (κ2) is 5.54. The molecule has 0 unspecified atom stereocenters. The van der Waals surface area contributed by atoms with Gasteiger partial charge in [-0.05, 0) is 5.56 Å². The number of carbonyl (C=O) groups excluding carboxylic acids is 1. The van der Waals surface area contributed by atoms with Gasteiger partial charge < -0.3 is 5.73 Å². The zero-order chi connectivity index (χ0) is 15.7.